The first-order valence-corrected chi connectivity index (χ1v) is 5.36. The van der Waals surface area contributed by atoms with Gasteiger partial charge in [0.1, 0.15) is 16.9 Å². The highest BCUT2D eigenvalue weighted by molar-refractivity contribution is 5.94. The summed E-state index contributed by atoms with van der Waals surface area (Å²) in [4.78, 5) is 15.4. The standard InChI is InChI=1S/C12H10N4O2/c1-15-11(8(6-14-15)12(17)18)9-7-13-10-4-2-3-5-16(9)10/h2-7H,1H3,(H,17,18). The molecule has 0 atom stereocenters. The molecule has 6 nitrogen and oxygen atoms in total. The number of aromatic carboxylic acids is 1. The average molecular weight is 242 g/mol. The smallest absolute Gasteiger partial charge is 0.339 e. The summed E-state index contributed by atoms with van der Waals surface area (Å²) in [6, 6.07) is 5.61. The van der Waals surface area contributed by atoms with Crippen LogP contribution in [0.3, 0.4) is 0 Å². The van der Waals surface area contributed by atoms with Crippen LogP contribution >= 0.6 is 0 Å². The molecular weight excluding hydrogens is 232 g/mol. The second-order valence-corrected chi connectivity index (χ2v) is 3.91. The van der Waals surface area contributed by atoms with Crippen molar-refractivity contribution in [2.24, 2.45) is 7.05 Å². The van der Waals surface area contributed by atoms with Gasteiger partial charge in [-0.1, -0.05) is 6.07 Å². The van der Waals surface area contributed by atoms with E-state index >= 15 is 0 Å². The molecular formula is C12H10N4O2. The third-order valence-corrected chi connectivity index (χ3v) is 2.83. The molecule has 0 fully saturated rings. The minimum absolute atomic E-state index is 0.170. The van der Waals surface area contributed by atoms with Gasteiger partial charge in [0.2, 0.25) is 0 Å². The molecule has 0 aliphatic carbocycles. The lowest BCUT2D eigenvalue weighted by atomic mass is 10.2. The third kappa shape index (κ3) is 1.39. The zero-order valence-corrected chi connectivity index (χ0v) is 9.61. The Hall–Kier alpha value is -2.63. The number of carboxylic acids is 1. The Morgan fingerprint density at radius 3 is 2.94 bits per heavy atom. The van der Waals surface area contributed by atoms with E-state index in [1.807, 2.05) is 28.8 Å². The molecule has 0 aromatic carbocycles. The van der Waals surface area contributed by atoms with E-state index in [1.165, 1.54) is 6.20 Å². The van der Waals surface area contributed by atoms with E-state index in [1.54, 1.807) is 17.9 Å². The van der Waals surface area contributed by atoms with Crippen LogP contribution in [0.2, 0.25) is 0 Å². The van der Waals surface area contributed by atoms with E-state index in [4.69, 9.17) is 5.11 Å². The van der Waals surface area contributed by atoms with Crippen molar-refractivity contribution in [2.45, 2.75) is 0 Å². The van der Waals surface area contributed by atoms with Crippen LogP contribution in [0.5, 0.6) is 0 Å². The van der Waals surface area contributed by atoms with Crippen LogP contribution in [0.15, 0.2) is 36.8 Å². The van der Waals surface area contributed by atoms with Crippen molar-refractivity contribution in [1.82, 2.24) is 19.2 Å². The van der Waals surface area contributed by atoms with E-state index in [0.29, 0.717) is 11.4 Å². The largest absolute Gasteiger partial charge is 0.478 e. The minimum Gasteiger partial charge on any atom is -0.478 e. The first-order chi connectivity index (χ1) is 8.68. The van der Waals surface area contributed by atoms with Gasteiger partial charge in [-0.25, -0.2) is 9.78 Å². The first-order valence-electron chi connectivity index (χ1n) is 5.36. The van der Waals surface area contributed by atoms with Crippen LogP contribution in [0.25, 0.3) is 17.0 Å². The second kappa shape index (κ2) is 3.69. The fourth-order valence-electron chi connectivity index (χ4n) is 2.01. The predicted octanol–water partition coefficient (Wildman–Crippen LogP) is 1.43. The van der Waals surface area contributed by atoms with Gasteiger partial charge in [0.15, 0.2) is 0 Å². The Kier molecular flexibility index (Phi) is 2.16. The monoisotopic (exact) mass is 242 g/mol. The summed E-state index contributed by atoms with van der Waals surface area (Å²) in [6.45, 7) is 0. The van der Waals surface area contributed by atoms with E-state index in [-0.39, 0.29) is 5.56 Å². The summed E-state index contributed by atoms with van der Waals surface area (Å²) in [5.41, 5.74) is 2.19. The van der Waals surface area contributed by atoms with Crippen molar-refractivity contribution in [3.05, 3.63) is 42.4 Å². The number of aromatic nitrogens is 4. The maximum atomic E-state index is 11.2. The molecule has 3 aromatic heterocycles. The highest BCUT2D eigenvalue weighted by atomic mass is 16.4. The van der Waals surface area contributed by atoms with Crippen molar-refractivity contribution in [1.29, 1.82) is 0 Å². The maximum Gasteiger partial charge on any atom is 0.339 e. The van der Waals surface area contributed by atoms with Crippen molar-refractivity contribution in [3.63, 3.8) is 0 Å². The Balaban J connectivity index is 2.33. The van der Waals surface area contributed by atoms with E-state index < -0.39 is 5.97 Å². The number of rotatable bonds is 2. The number of carboxylic acid groups (broad SMARTS) is 1. The normalized spacial score (nSPS) is 10.9. The molecule has 3 aromatic rings. The molecule has 0 spiro atoms. The summed E-state index contributed by atoms with van der Waals surface area (Å²) in [6.07, 6.45) is 4.84. The van der Waals surface area contributed by atoms with Gasteiger partial charge in [0, 0.05) is 13.2 Å². The molecule has 3 rings (SSSR count). The van der Waals surface area contributed by atoms with Crippen molar-refractivity contribution in [3.8, 4) is 11.4 Å². The Labute approximate surface area is 102 Å². The van der Waals surface area contributed by atoms with Crippen LogP contribution in [-0.4, -0.2) is 30.2 Å². The first kappa shape index (κ1) is 10.5. The van der Waals surface area contributed by atoms with Gasteiger partial charge in [-0.3, -0.25) is 9.08 Å². The molecule has 0 aliphatic rings. The highest BCUT2D eigenvalue weighted by Gasteiger charge is 2.19. The van der Waals surface area contributed by atoms with Crippen LogP contribution in [0, 0.1) is 0 Å². The SMILES string of the molecule is Cn1ncc(C(=O)O)c1-c1cnc2ccccn12. The van der Waals surface area contributed by atoms with Gasteiger partial charge in [0.05, 0.1) is 18.1 Å². The van der Waals surface area contributed by atoms with Crippen LogP contribution in [-0.2, 0) is 7.05 Å². The summed E-state index contributed by atoms with van der Waals surface area (Å²) in [5, 5.41) is 13.2. The number of carbonyl (C=O) groups is 1. The van der Waals surface area contributed by atoms with Crippen LogP contribution in [0.4, 0.5) is 0 Å². The van der Waals surface area contributed by atoms with Gasteiger partial charge in [-0.15, -0.1) is 0 Å². The quantitative estimate of drug-likeness (QED) is 0.737. The van der Waals surface area contributed by atoms with E-state index in [0.717, 1.165) is 5.65 Å². The van der Waals surface area contributed by atoms with Gasteiger partial charge in [-0.2, -0.15) is 5.10 Å². The number of pyridine rings is 1. The topological polar surface area (TPSA) is 72.4 Å². The summed E-state index contributed by atoms with van der Waals surface area (Å²) in [7, 11) is 1.71. The van der Waals surface area contributed by atoms with Crippen molar-refractivity contribution < 1.29 is 9.90 Å². The van der Waals surface area contributed by atoms with Gasteiger partial charge < -0.3 is 5.11 Å². The van der Waals surface area contributed by atoms with Crippen molar-refractivity contribution >= 4 is 11.6 Å². The molecule has 0 radical (unpaired) electrons. The molecule has 18 heavy (non-hydrogen) atoms. The molecule has 6 heteroatoms. The lowest BCUT2D eigenvalue weighted by molar-refractivity contribution is 0.0697. The number of fused-ring (bicyclic) bond motifs is 1. The molecule has 0 unspecified atom stereocenters. The maximum absolute atomic E-state index is 11.2. The molecule has 1 N–H and O–H groups in total. The zero-order valence-electron chi connectivity index (χ0n) is 9.61. The summed E-state index contributed by atoms with van der Waals surface area (Å²) >= 11 is 0. The molecule has 0 bridgehead atoms. The minimum atomic E-state index is -0.996. The van der Waals surface area contributed by atoms with Gasteiger partial charge in [-0.05, 0) is 12.1 Å². The molecule has 0 saturated carbocycles. The second-order valence-electron chi connectivity index (χ2n) is 3.91. The number of hydrogen-bond donors (Lipinski definition) is 1. The fraction of sp³-hybridized carbons (Fsp3) is 0.0833. The number of nitrogens with zero attached hydrogens (tertiary/aromatic N) is 4. The lowest BCUT2D eigenvalue weighted by Gasteiger charge is -2.03. The highest BCUT2D eigenvalue weighted by Crippen LogP contribution is 2.23. The number of aryl methyl sites for hydroxylation is 1. The lowest BCUT2D eigenvalue weighted by Crippen LogP contribution is -2.02. The van der Waals surface area contributed by atoms with E-state index in [2.05, 4.69) is 10.1 Å². The fourth-order valence-corrected chi connectivity index (χ4v) is 2.01. The van der Waals surface area contributed by atoms with Gasteiger partial charge >= 0.3 is 5.97 Å². The molecule has 0 amide bonds. The van der Waals surface area contributed by atoms with Crippen LogP contribution in [0.1, 0.15) is 10.4 Å². The Morgan fingerprint density at radius 2 is 2.17 bits per heavy atom. The van der Waals surface area contributed by atoms with E-state index in [9.17, 15) is 4.79 Å². The van der Waals surface area contributed by atoms with Gasteiger partial charge in [0.25, 0.3) is 0 Å². The number of imidazole rings is 1. The average Bonchev–Trinajstić information content (AvgIpc) is 2.92. The summed E-state index contributed by atoms with van der Waals surface area (Å²) in [5.74, 6) is -0.996. The Morgan fingerprint density at radius 1 is 1.33 bits per heavy atom. The molecule has 90 valence electrons. The van der Waals surface area contributed by atoms with Crippen LogP contribution < -0.4 is 0 Å². The van der Waals surface area contributed by atoms with Crippen molar-refractivity contribution in [2.75, 3.05) is 0 Å². The molecule has 0 saturated heterocycles. The molecule has 0 aliphatic heterocycles. The third-order valence-electron chi connectivity index (χ3n) is 2.83. The summed E-state index contributed by atoms with van der Waals surface area (Å²) < 4.78 is 3.38. The zero-order chi connectivity index (χ0) is 12.7. The Bertz CT molecular complexity index is 741. The predicted molar refractivity (Wildman–Crippen MR) is 64.4 cm³/mol. The number of hydrogen-bond acceptors (Lipinski definition) is 3. The molecule has 3 heterocycles.